The fourth-order valence-corrected chi connectivity index (χ4v) is 3.82. The number of aromatic nitrogens is 1. The lowest BCUT2D eigenvalue weighted by Gasteiger charge is -2.13. The summed E-state index contributed by atoms with van der Waals surface area (Å²) in [6, 6.07) is 7.86. The van der Waals surface area contributed by atoms with Gasteiger partial charge in [-0.2, -0.15) is 0 Å². The Labute approximate surface area is 137 Å². The van der Waals surface area contributed by atoms with Crippen molar-refractivity contribution >= 4 is 44.6 Å². The second-order valence-electron chi connectivity index (χ2n) is 4.56. The molecule has 4 nitrogen and oxygen atoms in total. The second kappa shape index (κ2) is 6.46. The first-order valence-corrected chi connectivity index (χ1v) is 8.70. The van der Waals surface area contributed by atoms with Gasteiger partial charge < -0.3 is 14.8 Å². The van der Waals surface area contributed by atoms with Crippen LogP contribution in [-0.2, 0) is 0 Å². The average Bonchev–Trinajstić information content (AvgIpc) is 2.99. The summed E-state index contributed by atoms with van der Waals surface area (Å²) in [5, 5.41) is 4.57. The molecule has 0 atom stereocenters. The van der Waals surface area contributed by atoms with Crippen molar-refractivity contribution in [2.24, 2.45) is 0 Å². The summed E-state index contributed by atoms with van der Waals surface area (Å²) in [4.78, 5) is 4.32. The number of thioether (sulfide) groups is 1. The van der Waals surface area contributed by atoms with Gasteiger partial charge in [0.05, 0.1) is 40.7 Å². The third-order valence-corrected chi connectivity index (χ3v) is 5.44. The molecule has 1 aromatic carbocycles. The molecule has 0 bridgehead atoms. The highest BCUT2D eigenvalue weighted by Crippen LogP contribution is 2.38. The summed E-state index contributed by atoms with van der Waals surface area (Å²) in [6.45, 7) is 0. The third kappa shape index (κ3) is 2.84. The van der Waals surface area contributed by atoms with E-state index in [0.717, 1.165) is 33.0 Å². The summed E-state index contributed by atoms with van der Waals surface area (Å²) in [7, 11) is 3.31. The molecule has 0 saturated carbocycles. The maximum Gasteiger partial charge on any atom is 0.142 e. The van der Waals surface area contributed by atoms with Gasteiger partial charge in [0.25, 0.3) is 0 Å². The molecule has 0 aliphatic rings. The number of anilines is 2. The van der Waals surface area contributed by atoms with Gasteiger partial charge in [-0.1, -0.05) is 0 Å². The topological polar surface area (TPSA) is 43.4 Å². The zero-order valence-electron chi connectivity index (χ0n) is 12.5. The molecule has 0 aliphatic heterocycles. The van der Waals surface area contributed by atoms with E-state index in [4.69, 9.17) is 9.47 Å². The Morgan fingerprint density at radius 3 is 2.68 bits per heavy atom. The molecule has 0 amide bonds. The minimum absolute atomic E-state index is 0.762. The van der Waals surface area contributed by atoms with E-state index in [1.165, 1.54) is 4.21 Å². The van der Waals surface area contributed by atoms with Crippen molar-refractivity contribution in [3.8, 4) is 11.5 Å². The number of pyridine rings is 1. The maximum absolute atomic E-state index is 5.42. The normalized spacial score (nSPS) is 10.7. The van der Waals surface area contributed by atoms with E-state index in [9.17, 15) is 0 Å². The fraction of sp³-hybridized carbons (Fsp3) is 0.188. The predicted octanol–water partition coefficient (Wildman–Crippen LogP) is 4.78. The Bertz CT molecular complexity index is 802. The summed E-state index contributed by atoms with van der Waals surface area (Å²) in [6.07, 6.45) is 5.81. The lowest BCUT2D eigenvalue weighted by atomic mass is 10.2. The van der Waals surface area contributed by atoms with Crippen molar-refractivity contribution < 1.29 is 9.47 Å². The standard InChI is InChI=1S/C16H16N2O2S2/c1-19-10-4-5-14(20-2)12(6-10)18-13-8-17-9-15-11(13)7-16(21-3)22-15/h4-9,18H,1-3H3. The summed E-state index contributed by atoms with van der Waals surface area (Å²) < 4.78 is 13.1. The smallest absolute Gasteiger partial charge is 0.142 e. The highest BCUT2D eigenvalue weighted by Gasteiger charge is 2.10. The maximum atomic E-state index is 5.42. The molecule has 0 fully saturated rings. The van der Waals surface area contributed by atoms with E-state index in [1.54, 1.807) is 37.3 Å². The highest BCUT2D eigenvalue weighted by molar-refractivity contribution is 8.00. The minimum Gasteiger partial charge on any atom is -0.497 e. The number of methoxy groups -OCH3 is 2. The van der Waals surface area contributed by atoms with Gasteiger partial charge in [-0.3, -0.25) is 4.98 Å². The van der Waals surface area contributed by atoms with E-state index in [-0.39, 0.29) is 0 Å². The molecule has 1 N–H and O–H groups in total. The molecule has 0 aliphatic carbocycles. The van der Waals surface area contributed by atoms with E-state index in [0.29, 0.717) is 0 Å². The number of nitrogens with zero attached hydrogens (tertiary/aromatic N) is 1. The number of fused-ring (bicyclic) bond motifs is 1. The van der Waals surface area contributed by atoms with Crippen LogP contribution in [0.2, 0.25) is 0 Å². The summed E-state index contributed by atoms with van der Waals surface area (Å²) in [5.41, 5.74) is 1.81. The quantitative estimate of drug-likeness (QED) is 0.681. The lowest BCUT2D eigenvalue weighted by molar-refractivity contribution is 0.405. The largest absolute Gasteiger partial charge is 0.497 e. The Morgan fingerprint density at radius 1 is 1.09 bits per heavy atom. The molecule has 2 heterocycles. The molecule has 0 spiro atoms. The van der Waals surface area contributed by atoms with Gasteiger partial charge in [0.2, 0.25) is 0 Å². The van der Waals surface area contributed by atoms with Gasteiger partial charge in [-0.15, -0.1) is 23.1 Å². The number of nitrogens with one attached hydrogen (secondary N) is 1. The van der Waals surface area contributed by atoms with Crippen molar-refractivity contribution in [1.29, 1.82) is 0 Å². The lowest BCUT2D eigenvalue weighted by Crippen LogP contribution is -1.96. The molecule has 0 unspecified atom stereocenters. The first-order valence-electron chi connectivity index (χ1n) is 6.65. The second-order valence-corrected chi connectivity index (χ2v) is 6.75. The van der Waals surface area contributed by atoms with Gasteiger partial charge in [-0.05, 0) is 24.5 Å². The molecule has 3 rings (SSSR count). The Balaban J connectivity index is 2.04. The number of rotatable bonds is 5. The SMILES string of the molecule is COc1ccc(OC)c(Nc2cncc3sc(SC)cc23)c1. The zero-order chi connectivity index (χ0) is 15.5. The Morgan fingerprint density at radius 2 is 1.95 bits per heavy atom. The van der Waals surface area contributed by atoms with Crippen LogP contribution in [0.25, 0.3) is 10.1 Å². The third-order valence-electron chi connectivity index (χ3n) is 3.30. The minimum atomic E-state index is 0.762. The van der Waals surface area contributed by atoms with Crippen LogP contribution in [0.5, 0.6) is 11.5 Å². The van der Waals surface area contributed by atoms with Gasteiger partial charge >= 0.3 is 0 Å². The molecule has 22 heavy (non-hydrogen) atoms. The number of ether oxygens (including phenoxy) is 2. The van der Waals surface area contributed by atoms with Gasteiger partial charge in [0, 0.05) is 17.6 Å². The van der Waals surface area contributed by atoms with E-state index in [2.05, 4.69) is 22.6 Å². The fourth-order valence-electron chi connectivity index (χ4n) is 2.19. The molecular formula is C16H16N2O2S2. The monoisotopic (exact) mass is 332 g/mol. The number of hydrogen-bond donors (Lipinski definition) is 1. The van der Waals surface area contributed by atoms with Crippen molar-refractivity contribution in [3.05, 3.63) is 36.7 Å². The zero-order valence-corrected chi connectivity index (χ0v) is 14.2. The first-order chi connectivity index (χ1) is 10.7. The number of hydrogen-bond acceptors (Lipinski definition) is 6. The number of thiophene rings is 1. The summed E-state index contributed by atoms with van der Waals surface area (Å²) >= 11 is 3.49. The van der Waals surface area contributed by atoms with Gasteiger partial charge in [0.1, 0.15) is 11.5 Å². The average molecular weight is 332 g/mol. The molecule has 6 heteroatoms. The summed E-state index contributed by atoms with van der Waals surface area (Å²) in [5.74, 6) is 1.54. The van der Waals surface area contributed by atoms with Crippen molar-refractivity contribution in [2.45, 2.75) is 4.21 Å². The van der Waals surface area contributed by atoms with Crippen molar-refractivity contribution in [2.75, 3.05) is 25.8 Å². The van der Waals surface area contributed by atoms with E-state index in [1.807, 2.05) is 30.6 Å². The van der Waals surface area contributed by atoms with E-state index >= 15 is 0 Å². The Kier molecular flexibility index (Phi) is 4.40. The van der Waals surface area contributed by atoms with Crippen LogP contribution < -0.4 is 14.8 Å². The molecule has 114 valence electrons. The molecular weight excluding hydrogens is 316 g/mol. The van der Waals surface area contributed by atoms with Crippen molar-refractivity contribution in [3.63, 3.8) is 0 Å². The van der Waals surface area contributed by atoms with Gasteiger partial charge in [0.15, 0.2) is 0 Å². The molecule has 2 aromatic heterocycles. The van der Waals surface area contributed by atoms with Crippen LogP contribution in [0.15, 0.2) is 40.9 Å². The van der Waals surface area contributed by atoms with Crippen LogP contribution in [0.3, 0.4) is 0 Å². The number of benzene rings is 1. The van der Waals surface area contributed by atoms with Crippen molar-refractivity contribution in [1.82, 2.24) is 4.98 Å². The predicted molar refractivity (Wildman–Crippen MR) is 94.2 cm³/mol. The van der Waals surface area contributed by atoms with Crippen LogP contribution in [0.1, 0.15) is 0 Å². The van der Waals surface area contributed by atoms with Crippen LogP contribution in [0.4, 0.5) is 11.4 Å². The van der Waals surface area contributed by atoms with E-state index < -0.39 is 0 Å². The molecule has 0 radical (unpaired) electrons. The first kappa shape index (κ1) is 15.0. The van der Waals surface area contributed by atoms with Gasteiger partial charge in [-0.25, -0.2) is 0 Å². The molecule has 0 saturated heterocycles. The molecule has 3 aromatic rings. The van der Waals surface area contributed by atoms with Crippen LogP contribution in [0, 0.1) is 0 Å². The highest BCUT2D eigenvalue weighted by atomic mass is 32.2. The Hall–Kier alpha value is -1.92. The van der Waals surface area contributed by atoms with Crippen LogP contribution in [-0.4, -0.2) is 25.5 Å². The van der Waals surface area contributed by atoms with Crippen LogP contribution >= 0.6 is 23.1 Å².